The van der Waals surface area contributed by atoms with Crippen LogP contribution in [0.25, 0.3) is 0 Å². The minimum absolute atomic E-state index is 0.0328. The first-order valence-electron chi connectivity index (χ1n) is 12.0. The predicted molar refractivity (Wildman–Crippen MR) is 126 cm³/mol. The fraction of sp³-hybridized carbons (Fsp3) is 1.00. The van der Waals surface area contributed by atoms with Gasteiger partial charge in [-0.15, -0.1) is 0 Å². The van der Waals surface area contributed by atoms with Crippen molar-refractivity contribution < 1.29 is 17.7 Å². The largest absolute Gasteiger partial charge is 0.680 e. The highest BCUT2D eigenvalue weighted by atomic mass is 28.4. The molecule has 0 radical (unpaired) electrons. The van der Waals surface area contributed by atoms with Crippen LogP contribution < -0.4 is 0 Å². The van der Waals surface area contributed by atoms with Crippen LogP contribution in [-0.4, -0.2) is 33.5 Å². The van der Waals surface area contributed by atoms with Gasteiger partial charge in [-0.25, -0.2) is 0 Å². The van der Waals surface area contributed by atoms with E-state index in [2.05, 4.69) is 83.1 Å². The Hall–Kier alpha value is 0.0569. The van der Waals surface area contributed by atoms with E-state index in [1.165, 1.54) is 0 Å². The van der Waals surface area contributed by atoms with Gasteiger partial charge < -0.3 is 17.7 Å². The first kappa shape index (κ1) is 29.1. The average molecular weight is 433 g/mol. The van der Waals surface area contributed by atoms with E-state index in [1.54, 1.807) is 0 Å². The molecule has 0 heterocycles. The zero-order valence-corrected chi connectivity index (χ0v) is 22.6. The zero-order chi connectivity index (χ0) is 22.8. The molecule has 176 valence electrons. The molecule has 29 heavy (non-hydrogen) atoms. The quantitative estimate of drug-likeness (QED) is 0.241. The number of rotatable bonds is 16. The molecule has 0 saturated heterocycles. The number of hydrogen-bond donors (Lipinski definition) is 0. The molecule has 0 fully saturated rings. The van der Waals surface area contributed by atoms with E-state index in [1.807, 2.05) is 0 Å². The third-order valence-corrected chi connectivity index (χ3v) is 7.36. The van der Waals surface area contributed by atoms with Gasteiger partial charge in [0.05, 0.1) is 0 Å². The van der Waals surface area contributed by atoms with Crippen molar-refractivity contribution in [2.75, 3.05) is 0 Å². The van der Waals surface area contributed by atoms with Crippen molar-refractivity contribution in [3.05, 3.63) is 0 Å². The normalized spacial score (nSPS) is 19.0. The molecule has 0 bridgehead atoms. The molecule has 0 aliphatic heterocycles. The van der Waals surface area contributed by atoms with Gasteiger partial charge in [0.2, 0.25) is 0 Å². The predicted octanol–water partition coefficient (Wildman–Crippen LogP) is 7.23. The van der Waals surface area contributed by atoms with Crippen LogP contribution in [-0.2, 0) is 17.7 Å². The molecule has 0 aromatic heterocycles. The molecule has 0 amide bonds. The van der Waals surface area contributed by atoms with Crippen molar-refractivity contribution in [1.29, 1.82) is 0 Å². The van der Waals surface area contributed by atoms with Crippen LogP contribution in [0.3, 0.4) is 0 Å². The lowest BCUT2D eigenvalue weighted by molar-refractivity contribution is -0.104. The zero-order valence-electron chi connectivity index (χ0n) is 21.6. The Kier molecular flexibility index (Phi) is 14.2. The molecule has 0 aliphatic carbocycles. The van der Waals surface area contributed by atoms with E-state index in [0.717, 1.165) is 25.7 Å². The van der Waals surface area contributed by atoms with Gasteiger partial charge in [-0.1, -0.05) is 55.4 Å². The molecule has 0 saturated carbocycles. The van der Waals surface area contributed by atoms with Gasteiger partial charge in [0.15, 0.2) is 0 Å². The molecule has 5 heteroatoms. The second-order valence-corrected chi connectivity index (χ2v) is 12.7. The Labute approximate surface area is 183 Å². The summed E-state index contributed by atoms with van der Waals surface area (Å²) in [7, 11) is -3.32. The lowest BCUT2D eigenvalue weighted by Crippen LogP contribution is -2.56. The molecule has 0 aromatic rings. The van der Waals surface area contributed by atoms with Gasteiger partial charge in [0.25, 0.3) is 0 Å². The van der Waals surface area contributed by atoms with E-state index in [0.29, 0.717) is 23.7 Å². The fourth-order valence-electron chi connectivity index (χ4n) is 4.00. The monoisotopic (exact) mass is 432 g/mol. The summed E-state index contributed by atoms with van der Waals surface area (Å²) < 4.78 is 26.3. The maximum absolute atomic E-state index is 6.58. The Morgan fingerprint density at radius 2 is 0.552 bits per heavy atom. The maximum atomic E-state index is 6.58. The number of hydrogen-bond acceptors (Lipinski definition) is 4. The van der Waals surface area contributed by atoms with Crippen molar-refractivity contribution in [2.24, 2.45) is 23.7 Å². The van der Waals surface area contributed by atoms with Crippen LogP contribution in [0, 0.1) is 23.7 Å². The molecule has 0 aliphatic rings. The molecule has 4 nitrogen and oxygen atoms in total. The lowest BCUT2D eigenvalue weighted by Gasteiger charge is -2.37. The summed E-state index contributed by atoms with van der Waals surface area (Å²) in [6.45, 7) is 26.2. The van der Waals surface area contributed by atoms with Crippen LogP contribution in [0.2, 0.25) is 0 Å². The second-order valence-electron chi connectivity index (χ2n) is 10.7. The van der Waals surface area contributed by atoms with E-state index >= 15 is 0 Å². The van der Waals surface area contributed by atoms with Gasteiger partial charge in [-0.05, 0) is 77.0 Å². The molecule has 4 atom stereocenters. The van der Waals surface area contributed by atoms with Crippen LogP contribution in [0.1, 0.15) is 109 Å². The highest BCUT2D eigenvalue weighted by Crippen LogP contribution is 2.27. The highest BCUT2D eigenvalue weighted by molar-refractivity contribution is 6.53. The molecule has 4 unspecified atom stereocenters. The van der Waals surface area contributed by atoms with Crippen molar-refractivity contribution in [3.63, 3.8) is 0 Å². The van der Waals surface area contributed by atoms with Gasteiger partial charge in [0.1, 0.15) is 0 Å². The first-order valence-corrected chi connectivity index (χ1v) is 13.6. The minimum atomic E-state index is -3.32. The molecule has 0 spiro atoms. The first-order chi connectivity index (χ1) is 13.2. The van der Waals surface area contributed by atoms with Crippen LogP contribution in [0.15, 0.2) is 0 Å². The minimum Gasteiger partial charge on any atom is -0.348 e. The summed E-state index contributed by atoms with van der Waals surface area (Å²) in [5, 5.41) is 0. The topological polar surface area (TPSA) is 36.9 Å². The smallest absolute Gasteiger partial charge is 0.348 e. The van der Waals surface area contributed by atoms with Gasteiger partial charge in [-0.2, -0.15) is 0 Å². The van der Waals surface area contributed by atoms with Crippen molar-refractivity contribution in [3.8, 4) is 0 Å². The average Bonchev–Trinajstić information content (AvgIpc) is 2.41. The summed E-state index contributed by atoms with van der Waals surface area (Å²) in [5.41, 5.74) is 0. The van der Waals surface area contributed by atoms with E-state index in [4.69, 9.17) is 17.7 Å². The third-order valence-electron chi connectivity index (χ3n) is 4.60. The van der Waals surface area contributed by atoms with E-state index < -0.39 is 9.05 Å². The second kappa shape index (κ2) is 14.2. The summed E-state index contributed by atoms with van der Waals surface area (Å²) in [6.07, 6.45) is 3.97. The molecular weight excluding hydrogens is 380 g/mol. The summed E-state index contributed by atoms with van der Waals surface area (Å²) >= 11 is 0. The Bertz CT molecular complexity index is 334. The van der Waals surface area contributed by atoms with E-state index in [9.17, 15) is 0 Å². The Morgan fingerprint density at radius 3 is 0.690 bits per heavy atom. The van der Waals surface area contributed by atoms with Crippen molar-refractivity contribution in [1.82, 2.24) is 0 Å². The van der Waals surface area contributed by atoms with E-state index in [-0.39, 0.29) is 24.4 Å². The Balaban J connectivity index is 5.71. The van der Waals surface area contributed by atoms with Gasteiger partial charge >= 0.3 is 9.05 Å². The standard InChI is InChI=1S/C24H52O4Si/c1-17(2)13-21(9)25-29(26-22(10)14-18(3)4,27-23(11)15-19(5)6)28-24(12)16-20(7)8/h17-24H,13-16H2,1-12H3. The summed E-state index contributed by atoms with van der Waals surface area (Å²) in [6, 6.07) is 0. The maximum Gasteiger partial charge on any atom is 0.680 e. The SMILES string of the molecule is CC(C)CC(C)O[Si](OC(C)CC(C)C)(OC(C)CC(C)C)OC(C)CC(C)C. The molecule has 0 rings (SSSR count). The molecular formula is C24H52O4Si. The molecule has 0 N–H and O–H groups in total. The van der Waals surface area contributed by atoms with Crippen molar-refractivity contribution >= 4 is 9.05 Å². The fourth-order valence-corrected chi connectivity index (χ4v) is 6.69. The highest BCUT2D eigenvalue weighted by Gasteiger charge is 2.51. The molecule has 0 aromatic carbocycles. The summed E-state index contributed by atoms with van der Waals surface area (Å²) in [5.74, 6) is 2.19. The third kappa shape index (κ3) is 14.7. The van der Waals surface area contributed by atoms with Crippen molar-refractivity contribution in [2.45, 2.75) is 133 Å². The van der Waals surface area contributed by atoms with Crippen LogP contribution in [0.5, 0.6) is 0 Å². The summed E-state index contributed by atoms with van der Waals surface area (Å²) in [4.78, 5) is 0. The van der Waals surface area contributed by atoms with Gasteiger partial charge in [-0.3, -0.25) is 0 Å². The van der Waals surface area contributed by atoms with Crippen LogP contribution >= 0.6 is 0 Å². The Morgan fingerprint density at radius 1 is 0.379 bits per heavy atom. The van der Waals surface area contributed by atoms with Crippen LogP contribution in [0.4, 0.5) is 0 Å². The lowest BCUT2D eigenvalue weighted by atomic mass is 10.1. The van der Waals surface area contributed by atoms with Gasteiger partial charge in [0, 0.05) is 24.4 Å².